The zero-order chi connectivity index (χ0) is 15.8. The highest BCUT2D eigenvalue weighted by molar-refractivity contribution is 5.83. The van der Waals surface area contributed by atoms with Gasteiger partial charge in [0.2, 0.25) is 5.91 Å². The molecule has 1 N–H and O–H groups in total. The molecule has 2 rings (SSSR count). The largest absolute Gasteiger partial charge is 0.497 e. The fourth-order valence-electron chi connectivity index (χ4n) is 1.99. The van der Waals surface area contributed by atoms with E-state index >= 15 is 0 Å². The van der Waals surface area contributed by atoms with Gasteiger partial charge in [0.25, 0.3) is 0 Å². The van der Waals surface area contributed by atoms with Gasteiger partial charge >= 0.3 is 0 Å². The number of ether oxygens (including phenoxy) is 1. The van der Waals surface area contributed by atoms with Crippen molar-refractivity contribution < 1.29 is 9.53 Å². The van der Waals surface area contributed by atoms with Crippen molar-refractivity contribution in [1.29, 1.82) is 0 Å². The quantitative estimate of drug-likeness (QED) is 0.658. The van der Waals surface area contributed by atoms with E-state index in [4.69, 9.17) is 4.74 Å². The van der Waals surface area contributed by atoms with Crippen molar-refractivity contribution in [3.63, 3.8) is 0 Å². The average molecular weight is 296 g/mol. The smallest absolute Gasteiger partial charge is 0.244 e. The molecule has 0 radical (unpaired) electrons. The van der Waals surface area contributed by atoms with E-state index in [0.717, 1.165) is 23.3 Å². The number of nitrogens with one attached hydrogen (secondary N) is 1. The summed E-state index contributed by atoms with van der Waals surface area (Å²) in [5, 5.41) is 3.98. The molecule has 22 heavy (non-hydrogen) atoms. The molecule has 0 fully saturated rings. The fourth-order valence-corrected chi connectivity index (χ4v) is 1.99. The van der Waals surface area contributed by atoms with Crippen LogP contribution >= 0.6 is 0 Å². The first-order chi connectivity index (χ1) is 10.7. The summed E-state index contributed by atoms with van der Waals surface area (Å²) in [6.45, 7) is 2.11. The first-order valence-electron chi connectivity index (χ1n) is 7.25. The van der Waals surface area contributed by atoms with Crippen molar-refractivity contribution in [2.75, 3.05) is 7.11 Å². The van der Waals surface area contributed by atoms with Crippen LogP contribution in [-0.2, 0) is 17.6 Å². The zero-order valence-corrected chi connectivity index (χ0v) is 12.9. The lowest BCUT2D eigenvalue weighted by atomic mass is 10.1. The Morgan fingerprint density at radius 1 is 1.09 bits per heavy atom. The average Bonchev–Trinajstić information content (AvgIpc) is 2.56. The number of hydrogen-bond donors (Lipinski definition) is 1. The molecular weight excluding hydrogens is 276 g/mol. The first kappa shape index (κ1) is 15.8. The van der Waals surface area contributed by atoms with Crippen LogP contribution in [0.5, 0.6) is 5.75 Å². The van der Waals surface area contributed by atoms with Crippen LogP contribution in [0.2, 0.25) is 0 Å². The minimum atomic E-state index is -0.147. The molecule has 4 nitrogen and oxygen atoms in total. The number of carbonyl (C=O) groups is 1. The molecule has 0 saturated carbocycles. The Balaban J connectivity index is 1.84. The topological polar surface area (TPSA) is 50.7 Å². The third kappa shape index (κ3) is 4.74. The molecule has 114 valence electrons. The van der Waals surface area contributed by atoms with Crippen molar-refractivity contribution in [2.45, 2.75) is 19.8 Å². The SMILES string of the molecule is CCc1ccc(/C=N\NC(=O)Cc2ccc(OC)cc2)cc1. The molecule has 2 aromatic carbocycles. The minimum absolute atomic E-state index is 0.147. The Hall–Kier alpha value is -2.62. The summed E-state index contributed by atoms with van der Waals surface area (Å²) in [5.74, 6) is 0.629. The van der Waals surface area contributed by atoms with Crippen molar-refractivity contribution in [1.82, 2.24) is 5.43 Å². The number of hydrazone groups is 1. The van der Waals surface area contributed by atoms with Gasteiger partial charge < -0.3 is 4.74 Å². The molecule has 4 heteroatoms. The van der Waals surface area contributed by atoms with Gasteiger partial charge in [-0.05, 0) is 35.2 Å². The number of amides is 1. The molecular formula is C18H20N2O2. The van der Waals surface area contributed by atoms with Crippen molar-refractivity contribution >= 4 is 12.1 Å². The molecule has 0 heterocycles. The predicted molar refractivity (Wildman–Crippen MR) is 88.3 cm³/mol. The van der Waals surface area contributed by atoms with Gasteiger partial charge in [0.15, 0.2) is 0 Å². The van der Waals surface area contributed by atoms with Gasteiger partial charge in [0, 0.05) is 0 Å². The van der Waals surface area contributed by atoms with Crippen LogP contribution in [0.15, 0.2) is 53.6 Å². The number of aryl methyl sites for hydroxylation is 1. The van der Waals surface area contributed by atoms with Gasteiger partial charge in [-0.3, -0.25) is 4.79 Å². The lowest BCUT2D eigenvalue weighted by Gasteiger charge is -2.03. The molecule has 0 atom stereocenters. The van der Waals surface area contributed by atoms with Gasteiger partial charge in [-0.2, -0.15) is 5.10 Å². The van der Waals surface area contributed by atoms with Gasteiger partial charge in [0.1, 0.15) is 5.75 Å². The molecule has 2 aromatic rings. The maximum absolute atomic E-state index is 11.8. The summed E-state index contributed by atoms with van der Waals surface area (Å²) in [5.41, 5.74) is 5.69. The lowest BCUT2D eigenvalue weighted by molar-refractivity contribution is -0.120. The Morgan fingerprint density at radius 3 is 2.32 bits per heavy atom. The summed E-state index contributed by atoms with van der Waals surface area (Å²) in [6.07, 6.45) is 2.94. The lowest BCUT2D eigenvalue weighted by Crippen LogP contribution is -2.19. The molecule has 0 aliphatic carbocycles. The molecule has 0 unspecified atom stereocenters. The fraction of sp³-hybridized carbons (Fsp3) is 0.222. The third-order valence-corrected chi connectivity index (χ3v) is 3.31. The monoisotopic (exact) mass is 296 g/mol. The van der Waals surface area contributed by atoms with E-state index in [9.17, 15) is 4.79 Å². The Labute approximate surface area is 130 Å². The molecule has 0 saturated heterocycles. The molecule has 1 amide bonds. The summed E-state index contributed by atoms with van der Waals surface area (Å²) >= 11 is 0. The second-order valence-electron chi connectivity index (χ2n) is 4.91. The van der Waals surface area contributed by atoms with Gasteiger partial charge in [-0.25, -0.2) is 5.43 Å². The number of nitrogens with zero attached hydrogens (tertiary/aromatic N) is 1. The van der Waals surface area contributed by atoms with Gasteiger partial charge in [-0.15, -0.1) is 0 Å². The molecule has 0 spiro atoms. The highest BCUT2D eigenvalue weighted by Gasteiger charge is 2.02. The third-order valence-electron chi connectivity index (χ3n) is 3.31. The maximum atomic E-state index is 11.8. The number of benzene rings is 2. The zero-order valence-electron chi connectivity index (χ0n) is 12.9. The van der Waals surface area contributed by atoms with E-state index in [1.807, 2.05) is 36.4 Å². The van der Waals surface area contributed by atoms with E-state index < -0.39 is 0 Å². The van der Waals surface area contributed by atoms with Crippen LogP contribution in [0.3, 0.4) is 0 Å². The standard InChI is InChI=1S/C18H20N2O2/c1-3-14-4-6-16(7-5-14)13-19-20-18(21)12-15-8-10-17(22-2)11-9-15/h4-11,13H,3,12H2,1-2H3,(H,20,21)/b19-13-. The number of carbonyl (C=O) groups excluding carboxylic acids is 1. The highest BCUT2D eigenvalue weighted by atomic mass is 16.5. The van der Waals surface area contributed by atoms with Gasteiger partial charge in [-0.1, -0.05) is 43.3 Å². The van der Waals surface area contributed by atoms with Crippen LogP contribution in [0, 0.1) is 0 Å². The number of rotatable bonds is 6. The summed E-state index contributed by atoms with van der Waals surface area (Å²) in [6, 6.07) is 15.5. The van der Waals surface area contributed by atoms with E-state index in [1.54, 1.807) is 13.3 Å². The minimum Gasteiger partial charge on any atom is -0.497 e. The van der Waals surface area contributed by atoms with Crippen molar-refractivity contribution in [3.8, 4) is 5.75 Å². The van der Waals surface area contributed by atoms with Crippen LogP contribution < -0.4 is 10.2 Å². The van der Waals surface area contributed by atoms with Crippen molar-refractivity contribution in [3.05, 3.63) is 65.2 Å². The Morgan fingerprint density at radius 2 is 1.73 bits per heavy atom. The highest BCUT2D eigenvalue weighted by Crippen LogP contribution is 2.11. The van der Waals surface area contributed by atoms with Crippen LogP contribution in [0.1, 0.15) is 23.6 Å². The molecule has 0 bridgehead atoms. The van der Waals surface area contributed by atoms with Crippen LogP contribution in [-0.4, -0.2) is 19.2 Å². The van der Waals surface area contributed by atoms with E-state index in [1.165, 1.54) is 5.56 Å². The van der Waals surface area contributed by atoms with E-state index in [-0.39, 0.29) is 12.3 Å². The van der Waals surface area contributed by atoms with Crippen LogP contribution in [0.4, 0.5) is 0 Å². The number of hydrogen-bond acceptors (Lipinski definition) is 3. The van der Waals surface area contributed by atoms with Crippen LogP contribution in [0.25, 0.3) is 0 Å². The van der Waals surface area contributed by atoms with Crippen molar-refractivity contribution in [2.24, 2.45) is 5.10 Å². The predicted octanol–water partition coefficient (Wildman–Crippen LogP) is 2.95. The number of methoxy groups -OCH3 is 1. The second-order valence-corrected chi connectivity index (χ2v) is 4.91. The molecule has 0 aliphatic heterocycles. The summed E-state index contributed by atoms with van der Waals surface area (Å²) < 4.78 is 5.08. The second kappa shape index (κ2) is 7.98. The van der Waals surface area contributed by atoms with Gasteiger partial charge in [0.05, 0.1) is 19.7 Å². The summed E-state index contributed by atoms with van der Waals surface area (Å²) in [7, 11) is 1.61. The Bertz CT molecular complexity index is 631. The van der Waals surface area contributed by atoms with E-state index in [0.29, 0.717) is 0 Å². The van der Waals surface area contributed by atoms with E-state index in [2.05, 4.69) is 29.6 Å². The Kier molecular flexibility index (Phi) is 5.72. The molecule has 0 aliphatic rings. The first-order valence-corrected chi connectivity index (χ1v) is 7.25. The molecule has 0 aromatic heterocycles. The maximum Gasteiger partial charge on any atom is 0.244 e. The normalized spacial score (nSPS) is 10.6. The summed E-state index contributed by atoms with van der Waals surface area (Å²) in [4.78, 5) is 11.8.